The summed E-state index contributed by atoms with van der Waals surface area (Å²) in [5.41, 5.74) is 0. The second kappa shape index (κ2) is 6.85. The van der Waals surface area contributed by atoms with Crippen LogP contribution in [0, 0.1) is 0 Å². The van der Waals surface area contributed by atoms with E-state index < -0.39 is 7.82 Å². The van der Waals surface area contributed by atoms with Gasteiger partial charge < -0.3 is 18.9 Å². The van der Waals surface area contributed by atoms with Crippen molar-refractivity contribution in [1.29, 1.82) is 0 Å². The zero-order chi connectivity index (χ0) is 8.32. The number of hydrogen-bond acceptors (Lipinski definition) is 4. The molecule has 0 saturated carbocycles. The summed E-state index contributed by atoms with van der Waals surface area (Å²) in [6.07, 6.45) is 0. The van der Waals surface area contributed by atoms with Gasteiger partial charge in [-0.1, -0.05) is 18.2 Å². The molecule has 60 valence electrons. The van der Waals surface area contributed by atoms with Crippen molar-refractivity contribution >= 4 is 48.2 Å². The van der Waals surface area contributed by atoms with Gasteiger partial charge in [-0.05, 0) is 12.1 Å². The van der Waals surface area contributed by atoms with Crippen LogP contribution in [-0.4, -0.2) is 40.4 Å². The van der Waals surface area contributed by atoms with Gasteiger partial charge in [-0.2, -0.15) is 0 Å². The molecule has 4 nitrogen and oxygen atoms in total. The summed E-state index contributed by atoms with van der Waals surface area (Å²) >= 11 is 0. The standard InChI is InChI=1S/C6H7O4P.Al.Mg/c7-11(8,9)10-6-4-2-1-3-5-6;;/h1-5H,(H2,7,8,9);;/q;+3;+2/p-2. The molecule has 0 aliphatic rings. The van der Waals surface area contributed by atoms with Crippen LogP contribution < -0.4 is 14.3 Å². The monoisotopic (exact) mass is 223 g/mol. The van der Waals surface area contributed by atoms with Crippen LogP contribution in [0.25, 0.3) is 0 Å². The van der Waals surface area contributed by atoms with E-state index in [1.54, 1.807) is 18.2 Å². The SMILES string of the molecule is O=P([O-])([O-])Oc1ccccc1.[Al+3].[Mg+2]. The van der Waals surface area contributed by atoms with Crippen LogP contribution in [0.5, 0.6) is 5.75 Å². The van der Waals surface area contributed by atoms with E-state index in [0.717, 1.165) is 0 Å². The molecular formula is C6H5AlMgO4P+3. The van der Waals surface area contributed by atoms with Gasteiger partial charge in [-0.3, -0.25) is 0 Å². The average molecular weight is 223 g/mol. The van der Waals surface area contributed by atoms with E-state index in [1.807, 2.05) is 0 Å². The first-order valence-electron chi connectivity index (χ1n) is 2.85. The van der Waals surface area contributed by atoms with E-state index in [-0.39, 0.29) is 46.2 Å². The molecule has 0 amide bonds. The number of benzene rings is 1. The first kappa shape index (κ1) is 15.9. The maximum atomic E-state index is 10.1. The molecule has 7 heteroatoms. The van der Waals surface area contributed by atoms with E-state index in [4.69, 9.17) is 0 Å². The number of phosphoric acid groups is 1. The van der Waals surface area contributed by atoms with Gasteiger partial charge >= 0.3 is 40.4 Å². The molecule has 0 atom stereocenters. The molecule has 0 saturated heterocycles. The van der Waals surface area contributed by atoms with Crippen molar-refractivity contribution < 1.29 is 18.9 Å². The number of hydrogen-bond donors (Lipinski definition) is 0. The molecule has 0 spiro atoms. The molecule has 1 rings (SSSR count). The van der Waals surface area contributed by atoms with Crippen LogP contribution in [0.4, 0.5) is 0 Å². The molecule has 0 aliphatic heterocycles. The Hall–Kier alpha value is 0.469. The Kier molecular flexibility index (Phi) is 8.39. The van der Waals surface area contributed by atoms with Gasteiger partial charge in [0.25, 0.3) is 0 Å². The van der Waals surface area contributed by atoms with E-state index in [9.17, 15) is 14.4 Å². The third-order valence-electron chi connectivity index (χ3n) is 0.960. The third-order valence-corrected chi connectivity index (χ3v) is 1.39. The number of phosphoric ester groups is 1. The minimum absolute atomic E-state index is 0. The zero-order valence-electron chi connectivity index (χ0n) is 6.75. The third kappa shape index (κ3) is 7.53. The van der Waals surface area contributed by atoms with Crippen LogP contribution in [0.15, 0.2) is 30.3 Å². The molecule has 0 N–H and O–H groups in total. The Morgan fingerprint density at radius 3 is 2.00 bits per heavy atom. The zero-order valence-corrected chi connectivity index (χ0v) is 10.2. The molecule has 0 radical (unpaired) electrons. The van der Waals surface area contributed by atoms with Crippen LogP contribution in [-0.2, 0) is 4.57 Å². The summed E-state index contributed by atoms with van der Waals surface area (Å²) < 4.78 is 14.1. The van der Waals surface area contributed by atoms with Crippen molar-refractivity contribution in [1.82, 2.24) is 0 Å². The van der Waals surface area contributed by atoms with Crippen molar-refractivity contribution in [2.45, 2.75) is 0 Å². The van der Waals surface area contributed by atoms with Crippen LogP contribution in [0.2, 0.25) is 0 Å². The van der Waals surface area contributed by atoms with Crippen LogP contribution in [0.1, 0.15) is 0 Å². The summed E-state index contributed by atoms with van der Waals surface area (Å²) in [6, 6.07) is 7.62. The molecule has 0 aliphatic carbocycles. The van der Waals surface area contributed by atoms with Crippen molar-refractivity contribution in [3.05, 3.63) is 30.3 Å². The maximum absolute atomic E-state index is 10.1. The Bertz CT molecular complexity index is 275. The first-order chi connectivity index (χ1) is 5.08. The Labute approximate surface area is 103 Å². The van der Waals surface area contributed by atoms with Crippen molar-refractivity contribution in [3.63, 3.8) is 0 Å². The van der Waals surface area contributed by atoms with Gasteiger partial charge in [-0.15, -0.1) is 0 Å². The van der Waals surface area contributed by atoms with E-state index in [1.165, 1.54) is 12.1 Å². The van der Waals surface area contributed by atoms with E-state index >= 15 is 0 Å². The van der Waals surface area contributed by atoms with E-state index in [2.05, 4.69) is 4.52 Å². The largest absolute Gasteiger partial charge is 3.00 e. The summed E-state index contributed by atoms with van der Waals surface area (Å²) in [7, 11) is -4.89. The van der Waals surface area contributed by atoms with Gasteiger partial charge in [0, 0.05) is 0 Å². The minimum atomic E-state index is -4.89. The normalized spacial score (nSPS) is 9.38. The second-order valence-electron chi connectivity index (χ2n) is 1.85. The number of rotatable bonds is 2. The van der Waals surface area contributed by atoms with Crippen molar-refractivity contribution in [3.8, 4) is 5.75 Å². The Balaban J connectivity index is 0. The molecule has 1 aromatic carbocycles. The minimum Gasteiger partial charge on any atom is -0.780 e. The average Bonchev–Trinajstić information content (AvgIpc) is 1.85. The Morgan fingerprint density at radius 2 is 1.62 bits per heavy atom. The summed E-state index contributed by atoms with van der Waals surface area (Å²) in [6.45, 7) is 0. The molecule has 0 fully saturated rings. The van der Waals surface area contributed by atoms with Crippen molar-refractivity contribution in [2.24, 2.45) is 0 Å². The molecular weight excluding hydrogens is 218 g/mol. The fraction of sp³-hybridized carbons (Fsp3) is 0. The topological polar surface area (TPSA) is 72.4 Å². The predicted octanol–water partition coefficient (Wildman–Crippen LogP) is -0.868. The van der Waals surface area contributed by atoms with Gasteiger partial charge in [0.15, 0.2) is 0 Å². The molecule has 1 aromatic rings. The summed E-state index contributed by atoms with van der Waals surface area (Å²) in [5.74, 6) is 0.0424. The molecule has 0 bridgehead atoms. The molecule has 0 unspecified atom stereocenters. The molecule has 0 aromatic heterocycles. The van der Waals surface area contributed by atoms with Gasteiger partial charge in [0.1, 0.15) is 13.6 Å². The second-order valence-corrected chi connectivity index (χ2v) is 2.93. The predicted molar refractivity (Wildman–Crippen MR) is 46.2 cm³/mol. The van der Waals surface area contributed by atoms with Gasteiger partial charge in [-0.25, -0.2) is 0 Å². The number of para-hydroxylation sites is 1. The van der Waals surface area contributed by atoms with Gasteiger partial charge in [0.2, 0.25) is 0 Å². The fourth-order valence-corrected chi connectivity index (χ4v) is 0.990. The first-order valence-corrected chi connectivity index (χ1v) is 4.31. The molecule has 0 heterocycles. The van der Waals surface area contributed by atoms with E-state index in [0.29, 0.717) is 0 Å². The van der Waals surface area contributed by atoms with Crippen LogP contribution in [0.3, 0.4) is 0 Å². The van der Waals surface area contributed by atoms with Crippen molar-refractivity contribution in [2.75, 3.05) is 0 Å². The van der Waals surface area contributed by atoms with Gasteiger partial charge in [0.05, 0.1) is 0 Å². The summed E-state index contributed by atoms with van der Waals surface area (Å²) in [4.78, 5) is 20.1. The summed E-state index contributed by atoms with van der Waals surface area (Å²) in [5, 5.41) is 0. The fourth-order valence-electron chi connectivity index (χ4n) is 0.610. The quantitative estimate of drug-likeness (QED) is 0.483. The maximum Gasteiger partial charge on any atom is 3.00 e. The van der Waals surface area contributed by atoms with Crippen LogP contribution >= 0.6 is 7.82 Å². The Morgan fingerprint density at radius 1 is 1.15 bits per heavy atom. The molecule has 13 heavy (non-hydrogen) atoms. The smallest absolute Gasteiger partial charge is 0.780 e.